The molecule has 1 saturated heterocycles. The normalized spacial score (nSPS) is 17.0. The summed E-state index contributed by atoms with van der Waals surface area (Å²) in [7, 11) is 0. The molecule has 1 aliphatic carbocycles. The highest BCUT2D eigenvalue weighted by molar-refractivity contribution is 6.30. The van der Waals surface area contributed by atoms with Crippen molar-refractivity contribution in [2.45, 2.75) is 51.4 Å². The average molecular weight is 417 g/mol. The molecule has 0 spiro atoms. The third kappa shape index (κ3) is 4.27. The number of benzene rings is 1. The van der Waals surface area contributed by atoms with Gasteiger partial charge in [0.05, 0.1) is 13.1 Å². The first-order chi connectivity index (χ1) is 13.7. The molecule has 4 rings (SSSR count). The number of aromatic nitrogens is 1. The van der Waals surface area contributed by atoms with E-state index in [1.165, 1.54) is 0 Å². The van der Waals surface area contributed by atoms with Gasteiger partial charge in [-0.15, -0.1) is 0 Å². The van der Waals surface area contributed by atoms with Crippen molar-refractivity contribution in [1.82, 2.24) is 9.47 Å². The van der Waals surface area contributed by atoms with Crippen LogP contribution < -0.4 is 15.0 Å². The second-order valence-corrected chi connectivity index (χ2v) is 8.72. The lowest BCUT2D eigenvalue weighted by molar-refractivity contribution is -0.154. The molecule has 2 aliphatic rings. The maximum Gasteiger partial charge on any atom is 0.266 e. The summed E-state index contributed by atoms with van der Waals surface area (Å²) in [6, 6.07) is 10.7. The minimum atomic E-state index is -1.000. The highest BCUT2D eigenvalue weighted by Crippen LogP contribution is 2.35. The number of amides is 1. The van der Waals surface area contributed by atoms with Crippen LogP contribution in [0.3, 0.4) is 0 Å². The largest absolute Gasteiger partial charge is 0.486 e. The number of carbonyl (C=O) groups is 1. The Balaban J connectivity index is 1.34. The van der Waals surface area contributed by atoms with E-state index >= 15 is 0 Å². The second-order valence-electron chi connectivity index (χ2n) is 8.29. The van der Waals surface area contributed by atoms with Gasteiger partial charge in [-0.25, -0.2) is 0 Å². The van der Waals surface area contributed by atoms with E-state index in [0.29, 0.717) is 35.7 Å². The van der Waals surface area contributed by atoms with Gasteiger partial charge in [0.15, 0.2) is 5.60 Å². The highest BCUT2D eigenvalue weighted by atomic mass is 35.5. The summed E-state index contributed by atoms with van der Waals surface area (Å²) in [6.45, 7) is 6.37. The topological polar surface area (TPSA) is 60.8 Å². The molecule has 154 valence electrons. The summed E-state index contributed by atoms with van der Waals surface area (Å²) in [5.41, 5.74) is -0.104. The van der Waals surface area contributed by atoms with Gasteiger partial charge in [0.25, 0.3) is 11.5 Å². The van der Waals surface area contributed by atoms with Gasteiger partial charge in [0.2, 0.25) is 0 Å². The molecular weight excluding hydrogens is 392 g/mol. The minimum absolute atomic E-state index is 0.0211. The molecule has 2 fully saturated rings. The first-order valence-electron chi connectivity index (χ1n) is 9.87. The fourth-order valence-corrected chi connectivity index (χ4v) is 3.77. The van der Waals surface area contributed by atoms with Crippen LogP contribution in [0.4, 0.5) is 0 Å². The summed E-state index contributed by atoms with van der Waals surface area (Å²) in [6.07, 6.45) is 2.00. The molecule has 1 aliphatic heterocycles. The van der Waals surface area contributed by atoms with Crippen molar-refractivity contribution in [1.29, 1.82) is 0 Å². The molecule has 1 aromatic heterocycles. The van der Waals surface area contributed by atoms with Crippen LogP contribution in [0.15, 0.2) is 41.2 Å². The molecule has 0 bridgehead atoms. The summed E-state index contributed by atoms with van der Waals surface area (Å²) in [5, 5.41) is 0.615. The van der Waals surface area contributed by atoms with E-state index in [2.05, 4.69) is 0 Å². The lowest BCUT2D eigenvalue weighted by atomic mass is 10.0. The van der Waals surface area contributed by atoms with Crippen molar-refractivity contribution in [3.8, 4) is 11.5 Å². The Morgan fingerprint density at radius 2 is 1.76 bits per heavy atom. The van der Waals surface area contributed by atoms with Crippen LogP contribution in [0.5, 0.6) is 11.5 Å². The van der Waals surface area contributed by atoms with Gasteiger partial charge in [-0.3, -0.25) is 9.59 Å². The minimum Gasteiger partial charge on any atom is -0.486 e. The molecule has 1 saturated carbocycles. The van der Waals surface area contributed by atoms with Gasteiger partial charge < -0.3 is 18.9 Å². The molecule has 0 unspecified atom stereocenters. The fraction of sp³-hybridized carbons (Fsp3) is 0.455. The monoisotopic (exact) mass is 416 g/mol. The molecule has 6 nitrogen and oxygen atoms in total. The van der Waals surface area contributed by atoms with Crippen molar-refractivity contribution in [2.24, 2.45) is 0 Å². The number of halogens is 1. The Labute approximate surface area is 175 Å². The molecule has 29 heavy (non-hydrogen) atoms. The standard InChI is InChI=1S/C22H25ClN2O4/c1-14-10-18(11-20(26)25(14)16-6-7-16)28-19-12-24(13-19)21(27)22(2,3)29-17-8-4-15(23)5-9-17/h4-5,8-11,16,19H,6-7,12-13H2,1-3H3. The molecule has 1 amide bonds. The van der Waals surface area contributed by atoms with Crippen molar-refractivity contribution in [2.75, 3.05) is 13.1 Å². The van der Waals surface area contributed by atoms with E-state index in [-0.39, 0.29) is 17.6 Å². The molecule has 0 N–H and O–H groups in total. The number of nitrogens with zero attached hydrogens (tertiary/aromatic N) is 2. The fourth-order valence-electron chi connectivity index (χ4n) is 3.64. The van der Waals surface area contributed by atoms with Gasteiger partial charge >= 0.3 is 0 Å². The van der Waals surface area contributed by atoms with E-state index < -0.39 is 5.60 Å². The van der Waals surface area contributed by atoms with Crippen molar-refractivity contribution >= 4 is 17.5 Å². The number of rotatable bonds is 6. The molecule has 0 atom stereocenters. The van der Waals surface area contributed by atoms with Gasteiger partial charge in [-0.2, -0.15) is 0 Å². The number of likely N-dealkylation sites (tertiary alicyclic amines) is 1. The number of hydrogen-bond donors (Lipinski definition) is 0. The molecular formula is C22H25ClN2O4. The van der Waals surface area contributed by atoms with Crippen molar-refractivity contribution < 1.29 is 14.3 Å². The number of carbonyl (C=O) groups excluding carboxylic acids is 1. The molecule has 2 aromatic rings. The maximum atomic E-state index is 12.8. The SMILES string of the molecule is Cc1cc(OC2CN(C(=O)C(C)(C)Oc3ccc(Cl)cc3)C2)cc(=O)n1C1CC1. The predicted molar refractivity (Wildman–Crippen MR) is 111 cm³/mol. The average Bonchev–Trinajstić information content (AvgIpc) is 3.43. The Kier molecular flexibility index (Phi) is 5.07. The van der Waals surface area contributed by atoms with Gasteiger partial charge in [0, 0.05) is 22.8 Å². The van der Waals surface area contributed by atoms with Crippen LogP contribution in [0.1, 0.15) is 38.4 Å². The third-order valence-corrected chi connectivity index (χ3v) is 5.54. The number of aryl methyl sites for hydroxylation is 1. The smallest absolute Gasteiger partial charge is 0.266 e. The van der Waals surface area contributed by atoms with Crippen LogP contribution in [-0.4, -0.2) is 40.2 Å². The third-order valence-electron chi connectivity index (χ3n) is 5.29. The molecule has 1 aromatic carbocycles. The van der Waals surface area contributed by atoms with Crippen LogP contribution in [0.2, 0.25) is 5.02 Å². The zero-order chi connectivity index (χ0) is 20.8. The summed E-state index contributed by atoms with van der Waals surface area (Å²) >= 11 is 5.89. The number of pyridine rings is 1. The Bertz CT molecular complexity index is 973. The summed E-state index contributed by atoms with van der Waals surface area (Å²) in [4.78, 5) is 26.8. The summed E-state index contributed by atoms with van der Waals surface area (Å²) in [5.74, 6) is 1.05. The predicted octanol–water partition coefficient (Wildman–Crippen LogP) is 3.59. The van der Waals surface area contributed by atoms with Crippen LogP contribution in [0, 0.1) is 6.92 Å². The number of ether oxygens (including phenoxy) is 2. The van der Waals surface area contributed by atoms with Crippen molar-refractivity contribution in [3.63, 3.8) is 0 Å². The highest BCUT2D eigenvalue weighted by Gasteiger charge is 2.41. The van der Waals surface area contributed by atoms with Gasteiger partial charge in [-0.1, -0.05) is 11.6 Å². The first kappa shape index (κ1) is 19.8. The van der Waals surface area contributed by atoms with Gasteiger partial charge in [-0.05, 0) is 63.9 Å². The maximum absolute atomic E-state index is 12.8. The molecule has 0 radical (unpaired) electrons. The second kappa shape index (κ2) is 7.41. The molecule has 7 heteroatoms. The van der Waals surface area contributed by atoms with Crippen LogP contribution >= 0.6 is 11.6 Å². The number of hydrogen-bond acceptors (Lipinski definition) is 4. The van der Waals surface area contributed by atoms with Gasteiger partial charge in [0.1, 0.15) is 17.6 Å². The van der Waals surface area contributed by atoms with E-state index in [1.807, 2.05) is 17.6 Å². The summed E-state index contributed by atoms with van der Waals surface area (Å²) < 4.78 is 13.6. The zero-order valence-corrected chi connectivity index (χ0v) is 17.6. The van der Waals surface area contributed by atoms with E-state index in [0.717, 1.165) is 18.5 Å². The lowest BCUT2D eigenvalue weighted by Crippen LogP contribution is -2.61. The van der Waals surface area contributed by atoms with E-state index in [4.69, 9.17) is 21.1 Å². The zero-order valence-electron chi connectivity index (χ0n) is 16.9. The quantitative estimate of drug-likeness (QED) is 0.722. The van der Waals surface area contributed by atoms with E-state index in [9.17, 15) is 9.59 Å². The Hall–Kier alpha value is -2.47. The van der Waals surface area contributed by atoms with Crippen LogP contribution in [0.25, 0.3) is 0 Å². The Morgan fingerprint density at radius 1 is 1.10 bits per heavy atom. The lowest BCUT2D eigenvalue weighted by Gasteiger charge is -2.42. The first-order valence-corrected chi connectivity index (χ1v) is 10.2. The van der Waals surface area contributed by atoms with E-state index in [1.54, 1.807) is 49.1 Å². The van der Waals surface area contributed by atoms with Crippen LogP contribution in [-0.2, 0) is 4.79 Å². The Morgan fingerprint density at radius 3 is 2.34 bits per heavy atom. The van der Waals surface area contributed by atoms with Crippen molar-refractivity contribution in [3.05, 3.63) is 57.5 Å². The molecule has 2 heterocycles.